The molecule has 18 heavy (non-hydrogen) atoms. The summed E-state index contributed by atoms with van der Waals surface area (Å²) in [6.07, 6.45) is 6.65. The third kappa shape index (κ3) is 12.0. The van der Waals surface area contributed by atoms with Crippen LogP contribution in [-0.4, -0.2) is 33.1 Å². The highest BCUT2D eigenvalue weighted by atomic mass is 31.2. The summed E-state index contributed by atoms with van der Waals surface area (Å²) < 4.78 is 10.6. The smallest absolute Gasteiger partial charge is 0.325 e. The predicted molar refractivity (Wildman–Crippen MR) is 69.5 cm³/mol. The fourth-order valence-electron chi connectivity index (χ4n) is 1.69. The summed E-state index contributed by atoms with van der Waals surface area (Å²) in [5, 5.41) is 8.56. The number of carbonyl (C=O) groups is 1. The van der Waals surface area contributed by atoms with Gasteiger partial charge in [-0.3, -0.25) is 9.36 Å². The van der Waals surface area contributed by atoms with Crippen molar-refractivity contribution in [2.45, 2.75) is 57.4 Å². The van der Waals surface area contributed by atoms with E-state index in [2.05, 4.69) is 0 Å². The molecule has 0 saturated heterocycles. The van der Waals surface area contributed by atoms with Gasteiger partial charge in [-0.15, -0.1) is 0 Å². The zero-order chi connectivity index (χ0) is 14.0. The molecule has 0 heterocycles. The van der Waals surface area contributed by atoms with Gasteiger partial charge in [0.2, 0.25) is 0 Å². The average molecular weight is 281 g/mol. The molecule has 6 nitrogen and oxygen atoms in total. The van der Waals surface area contributed by atoms with Crippen LogP contribution in [0.4, 0.5) is 0 Å². The van der Waals surface area contributed by atoms with E-state index in [1.54, 1.807) is 0 Å². The van der Waals surface area contributed by atoms with Gasteiger partial charge in [0.15, 0.2) is 0 Å². The van der Waals surface area contributed by atoms with Crippen LogP contribution in [0.5, 0.6) is 0 Å². The Balaban J connectivity index is 3.22. The number of rotatable bonds is 11. The van der Waals surface area contributed by atoms with E-state index in [1.165, 1.54) is 0 Å². The number of carboxylic acid groups (broad SMARTS) is 1. The second-order valence-electron chi connectivity index (χ2n) is 4.60. The molecule has 0 aliphatic rings. The highest BCUT2D eigenvalue weighted by Gasteiger charge is 2.11. The molecule has 7 heteroatoms. The molecule has 1 unspecified atom stereocenters. The van der Waals surface area contributed by atoms with Crippen LogP contribution in [0.2, 0.25) is 0 Å². The first-order valence-corrected chi connectivity index (χ1v) is 8.15. The lowest BCUT2D eigenvalue weighted by atomic mass is 10.1. The second-order valence-corrected chi connectivity index (χ2v) is 6.37. The zero-order valence-corrected chi connectivity index (χ0v) is 11.5. The Morgan fingerprint density at radius 2 is 1.44 bits per heavy atom. The minimum Gasteiger partial charge on any atom is -0.480 e. The number of aliphatic carboxylic acids is 1. The predicted octanol–water partition coefficient (Wildman–Crippen LogP) is 1.70. The third-order valence-corrected chi connectivity index (χ3v) is 3.68. The molecule has 0 aromatic heterocycles. The summed E-state index contributed by atoms with van der Waals surface area (Å²) in [7, 11) is -3.82. The Labute approximate surface area is 108 Å². The molecule has 0 radical (unpaired) electrons. The molecule has 0 aliphatic heterocycles. The highest BCUT2D eigenvalue weighted by Crippen LogP contribution is 2.35. The first-order chi connectivity index (χ1) is 8.33. The SMILES string of the molecule is NC(CCCCCCCCCP(=O)(O)O)C(=O)O. The molecule has 0 saturated carbocycles. The molecule has 0 fully saturated rings. The first-order valence-electron chi connectivity index (χ1n) is 6.36. The van der Waals surface area contributed by atoms with E-state index in [0.29, 0.717) is 12.8 Å². The van der Waals surface area contributed by atoms with Crippen LogP contribution in [0.1, 0.15) is 51.4 Å². The zero-order valence-electron chi connectivity index (χ0n) is 10.6. The standard InChI is InChI=1S/C11H24NO5P/c12-10(11(13)14)8-6-4-2-1-3-5-7-9-18(15,16)17/h10H,1-9,12H2,(H,13,14)(H2,15,16,17). The summed E-state index contributed by atoms with van der Waals surface area (Å²) in [5.74, 6) is -0.951. The molecule has 1 atom stereocenters. The van der Waals surface area contributed by atoms with Crippen molar-refractivity contribution in [3.8, 4) is 0 Å². The Morgan fingerprint density at radius 3 is 1.89 bits per heavy atom. The first kappa shape index (κ1) is 17.6. The Morgan fingerprint density at radius 1 is 1.00 bits per heavy atom. The van der Waals surface area contributed by atoms with E-state index in [-0.39, 0.29) is 6.16 Å². The van der Waals surface area contributed by atoms with Crippen molar-refractivity contribution in [3.05, 3.63) is 0 Å². The van der Waals surface area contributed by atoms with Crippen LogP contribution >= 0.6 is 7.60 Å². The quantitative estimate of drug-likeness (QED) is 0.338. The van der Waals surface area contributed by atoms with Gasteiger partial charge < -0.3 is 20.6 Å². The summed E-state index contributed by atoms with van der Waals surface area (Å²) >= 11 is 0. The molecule has 0 aromatic carbocycles. The normalized spacial score (nSPS) is 13.5. The molecular formula is C11H24NO5P. The lowest BCUT2D eigenvalue weighted by molar-refractivity contribution is -0.138. The lowest BCUT2D eigenvalue weighted by Gasteiger charge is -2.06. The minimum absolute atomic E-state index is 0.0273. The number of nitrogens with two attached hydrogens (primary N) is 1. The summed E-state index contributed by atoms with van der Waals surface area (Å²) in [6, 6.07) is -0.756. The fourth-order valence-corrected chi connectivity index (χ4v) is 2.32. The summed E-state index contributed by atoms with van der Waals surface area (Å²) in [4.78, 5) is 27.7. The van der Waals surface area contributed by atoms with Gasteiger partial charge in [0.25, 0.3) is 0 Å². The van der Waals surface area contributed by atoms with Crippen molar-refractivity contribution in [1.82, 2.24) is 0 Å². The van der Waals surface area contributed by atoms with Gasteiger partial charge in [-0.1, -0.05) is 38.5 Å². The molecule has 0 aliphatic carbocycles. The van der Waals surface area contributed by atoms with Crippen LogP contribution in [-0.2, 0) is 9.36 Å². The third-order valence-electron chi connectivity index (χ3n) is 2.78. The Hall–Kier alpha value is -0.420. The number of hydrogen-bond acceptors (Lipinski definition) is 3. The monoisotopic (exact) mass is 281 g/mol. The van der Waals surface area contributed by atoms with Crippen molar-refractivity contribution in [1.29, 1.82) is 0 Å². The lowest BCUT2D eigenvalue weighted by Crippen LogP contribution is -2.29. The van der Waals surface area contributed by atoms with E-state index in [9.17, 15) is 9.36 Å². The number of hydrogen-bond donors (Lipinski definition) is 4. The van der Waals surface area contributed by atoms with Crippen molar-refractivity contribution in [2.75, 3.05) is 6.16 Å². The molecule has 0 bridgehead atoms. The van der Waals surface area contributed by atoms with E-state index in [0.717, 1.165) is 38.5 Å². The molecule has 0 amide bonds. The number of unbranched alkanes of at least 4 members (excludes halogenated alkanes) is 6. The topological polar surface area (TPSA) is 121 Å². The Kier molecular flexibility index (Phi) is 9.28. The second kappa shape index (κ2) is 9.50. The van der Waals surface area contributed by atoms with Crippen molar-refractivity contribution in [2.24, 2.45) is 5.73 Å². The minimum atomic E-state index is -3.82. The van der Waals surface area contributed by atoms with Gasteiger partial charge >= 0.3 is 13.6 Å². The van der Waals surface area contributed by atoms with Gasteiger partial charge in [-0.25, -0.2) is 0 Å². The highest BCUT2D eigenvalue weighted by molar-refractivity contribution is 7.51. The maximum absolute atomic E-state index is 10.6. The van der Waals surface area contributed by atoms with Gasteiger partial charge in [-0.05, 0) is 12.8 Å². The van der Waals surface area contributed by atoms with Crippen LogP contribution in [0.25, 0.3) is 0 Å². The maximum Gasteiger partial charge on any atom is 0.325 e. The molecule has 0 spiro atoms. The van der Waals surface area contributed by atoms with Gasteiger partial charge in [0.1, 0.15) is 6.04 Å². The summed E-state index contributed by atoms with van der Waals surface area (Å²) in [6.45, 7) is 0. The van der Waals surface area contributed by atoms with E-state index < -0.39 is 19.6 Å². The van der Waals surface area contributed by atoms with Crippen LogP contribution < -0.4 is 5.73 Å². The van der Waals surface area contributed by atoms with Crippen LogP contribution in [0.15, 0.2) is 0 Å². The number of carboxylic acids is 1. The van der Waals surface area contributed by atoms with Crippen molar-refractivity contribution >= 4 is 13.6 Å². The van der Waals surface area contributed by atoms with Gasteiger partial charge in [-0.2, -0.15) is 0 Å². The maximum atomic E-state index is 10.6. The van der Waals surface area contributed by atoms with Gasteiger partial charge in [0.05, 0.1) is 0 Å². The fraction of sp³-hybridized carbons (Fsp3) is 0.909. The largest absolute Gasteiger partial charge is 0.480 e. The molecule has 0 aromatic rings. The van der Waals surface area contributed by atoms with Crippen molar-refractivity contribution in [3.63, 3.8) is 0 Å². The molecule has 5 N–H and O–H groups in total. The van der Waals surface area contributed by atoms with E-state index in [4.69, 9.17) is 20.6 Å². The van der Waals surface area contributed by atoms with Crippen LogP contribution in [0, 0.1) is 0 Å². The molecular weight excluding hydrogens is 257 g/mol. The molecule has 0 rings (SSSR count). The summed E-state index contributed by atoms with van der Waals surface area (Å²) in [5.41, 5.74) is 5.36. The molecule has 108 valence electrons. The van der Waals surface area contributed by atoms with Gasteiger partial charge in [0, 0.05) is 6.16 Å². The van der Waals surface area contributed by atoms with Crippen LogP contribution in [0.3, 0.4) is 0 Å². The van der Waals surface area contributed by atoms with E-state index >= 15 is 0 Å². The van der Waals surface area contributed by atoms with Crippen molar-refractivity contribution < 1.29 is 24.3 Å². The average Bonchev–Trinajstić information content (AvgIpc) is 2.24. The van der Waals surface area contributed by atoms with E-state index in [1.807, 2.05) is 0 Å². The Bertz CT molecular complexity index is 279.